The lowest BCUT2D eigenvalue weighted by Crippen LogP contribution is -2.15. The van der Waals surface area contributed by atoms with Gasteiger partial charge in [0.25, 0.3) is 0 Å². The number of thioether (sulfide) groups is 1. The molecule has 2 aromatic carbocycles. The quantitative estimate of drug-likeness (QED) is 0.657. The van der Waals surface area contributed by atoms with Crippen LogP contribution in [0, 0.1) is 12.7 Å². The Hall–Kier alpha value is -1.72. The third-order valence-corrected chi connectivity index (χ3v) is 4.17. The van der Waals surface area contributed by atoms with E-state index in [1.807, 2.05) is 25.1 Å². The Labute approximate surface area is 131 Å². The molecule has 0 aliphatic carbocycles. The monoisotopic (exact) mass is 324 g/mol. The molecule has 21 heavy (non-hydrogen) atoms. The second-order valence-electron chi connectivity index (χ2n) is 4.49. The molecule has 0 fully saturated rings. The SMILES string of the molecule is Cc1ccc(N)cc1SCC(=O)Nc1ccc(Cl)cc1F. The molecule has 0 radical (unpaired) electrons. The molecule has 0 heterocycles. The second-order valence-corrected chi connectivity index (χ2v) is 5.94. The number of aryl methyl sites for hydroxylation is 1. The number of carbonyl (C=O) groups is 1. The number of anilines is 2. The number of hydrogen-bond acceptors (Lipinski definition) is 3. The molecule has 0 atom stereocenters. The first kappa shape index (κ1) is 15.7. The van der Waals surface area contributed by atoms with Crippen molar-refractivity contribution >= 4 is 40.6 Å². The van der Waals surface area contributed by atoms with E-state index in [2.05, 4.69) is 5.32 Å². The van der Waals surface area contributed by atoms with Gasteiger partial charge in [0.05, 0.1) is 11.4 Å². The zero-order valence-corrected chi connectivity index (χ0v) is 12.9. The summed E-state index contributed by atoms with van der Waals surface area (Å²) < 4.78 is 13.6. The van der Waals surface area contributed by atoms with Crippen LogP contribution < -0.4 is 11.1 Å². The number of halogens is 2. The molecule has 2 rings (SSSR count). The van der Waals surface area contributed by atoms with E-state index < -0.39 is 5.82 Å². The van der Waals surface area contributed by atoms with Crippen LogP contribution in [-0.4, -0.2) is 11.7 Å². The fourth-order valence-corrected chi connectivity index (χ4v) is 2.73. The minimum absolute atomic E-state index is 0.120. The zero-order valence-electron chi connectivity index (χ0n) is 11.3. The first-order chi connectivity index (χ1) is 9.95. The first-order valence-electron chi connectivity index (χ1n) is 6.19. The molecule has 1 amide bonds. The normalized spacial score (nSPS) is 10.4. The Balaban J connectivity index is 1.97. The maximum absolute atomic E-state index is 13.6. The summed E-state index contributed by atoms with van der Waals surface area (Å²) in [4.78, 5) is 12.8. The average Bonchev–Trinajstić information content (AvgIpc) is 2.43. The van der Waals surface area contributed by atoms with Gasteiger partial charge in [0.1, 0.15) is 5.82 Å². The van der Waals surface area contributed by atoms with E-state index >= 15 is 0 Å². The van der Waals surface area contributed by atoms with Crippen molar-refractivity contribution in [1.29, 1.82) is 0 Å². The van der Waals surface area contributed by atoms with E-state index in [-0.39, 0.29) is 22.4 Å². The van der Waals surface area contributed by atoms with Crippen molar-refractivity contribution in [3.05, 3.63) is 52.8 Å². The summed E-state index contributed by atoms with van der Waals surface area (Å²) in [5.41, 5.74) is 7.52. The highest BCUT2D eigenvalue weighted by Gasteiger charge is 2.09. The molecular weight excluding hydrogens is 311 g/mol. The largest absolute Gasteiger partial charge is 0.399 e. The Morgan fingerprint density at radius 2 is 2.10 bits per heavy atom. The highest BCUT2D eigenvalue weighted by Crippen LogP contribution is 2.25. The fourth-order valence-electron chi connectivity index (χ4n) is 1.69. The summed E-state index contributed by atoms with van der Waals surface area (Å²) in [6.45, 7) is 1.94. The van der Waals surface area contributed by atoms with Crippen molar-refractivity contribution in [3.8, 4) is 0 Å². The fraction of sp³-hybridized carbons (Fsp3) is 0.133. The van der Waals surface area contributed by atoms with Gasteiger partial charge in [0.15, 0.2) is 0 Å². The van der Waals surface area contributed by atoms with Crippen LogP contribution >= 0.6 is 23.4 Å². The van der Waals surface area contributed by atoms with Crippen LogP contribution in [0.25, 0.3) is 0 Å². The highest BCUT2D eigenvalue weighted by atomic mass is 35.5. The number of amides is 1. The smallest absolute Gasteiger partial charge is 0.234 e. The lowest BCUT2D eigenvalue weighted by atomic mass is 10.2. The summed E-state index contributed by atoms with van der Waals surface area (Å²) in [7, 11) is 0. The molecule has 0 spiro atoms. The molecule has 110 valence electrons. The van der Waals surface area contributed by atoms with Crippen LogP contribution in [0.2, 0.25) is 5.02 Å². The number of carbonyl (C=O) groups excluding carboxylic acids is 1. The van der Waals surface area contributed by atoms with Crippen LogP contribution in [0.3, 0.4) is 0 Å². The molecule has 0 aromatic heterocycles. The lowest BCUT2D eigenvalue weighted by molar-refractivity contribution is -0.113. The van der Waals surface area contributed by atoms with Gasteiger partial charge in [0, 0.05) is 15.6 Å². The number of nitrogens with one attached hydrogen (secondary N) is 1. The number of benzene rings is 2. The molecule has 0 bridgehead atoms. The Bertz CT molecular complexity index is 679. The molecule has 0 aliphatic heterocycles. The summed E-state index contributed by atoms with van der Waals surface area (Å²) in [6, 6.07) is 9.64. The maximum atomic E-state index is 13.6. The third-order valence-electron chi connectivity index (χ3n) is 2.78. The summed E-state index contributed by atoms with van der Waals surface area (Å²) in [6.07, 6.45) is 0. The van der Waals surface area contributed by atoms with E-state index in [0.29, 0.717) is 5.69 Å². The van der Waals surface area contributed by atoms with Gasteiger partial charge in [-0.05, 0) is 42.8 Å². The van der Waals surface area contributed by atoms with Crippen molar-refractivity contribution < 1.29 is 9.18 Å². The van der Waals surface area contributed by atoms with Crippen molar-refractivity contribution in [3.63, 3.8) is 0 Å². The topological polar surface area (TPSA) is 55.1 Å². The number of nitrogens with two attached hydrogens (primary N) is 1. The van der Waals surface area contributed by atoms with Crippen LogP contribution in [0.1, 0.15) is 5.56 Å². The predicted molar refractivity (Wildman–Crippen MR) is 86.4 cm³/mol. The van der Waals surface area contributed by atoms with Crippen LogP contribution in [0.5, 0.6) is 0 Å². The molecule has 0 aliphatic rings. The van der Waals surface area contributed by atoms with Crippen molar-refractivity contribution in [2.45, 2.75) is 11.8 Å². The molecular formula is C15H14ClFN2OS. The summed E-state index contributed by atoms with van der Waals surface area (Å²) >= 11 is 7.02. The number of hydrogen-bond donors (Lipinski definition) is 2. The average molecular weight is 325 g/mol. The molecule has 3 nitrogen and oxygen atoms in total. The van der Waals surface area contributed by atoms with Crippen LogP contribution in [0.4, 0.5) is 15.8 Å². The van der Waals surface area contributed by atoms with Crippen molar-refractivity contribution in [2.75, 3.05) is 16.8 Å². The van der Waals surface area contributed by atoms with Gasteiger partial charge in [-0.15, -0.1) is 11.8 Å². The molecule has 0 unspecified atom stereocenters. The van der Waals surface area contributed by atoms with E-state index in [9.17, 15) is 9.18 Å². The molecule has 3 N–H and O–H groups in total. The van der Waals surface area contributed by atoms with Gasteiger partial charge >= 0.3 is 0 Å². The lowest BCUT2D eigenvalue weighted by Gasteiger charge is -2.08. The molecule has 2 aromatic rings. The minimum atomic E-state index is -0.555. The third kappa shape index (κ3) is 4.37. The molecule has 6 heteroatoms. The predicted octanol–water partition coefficient (Wildman–Crippen LogP) is 4.10. The van der Waals surface area contributed by atoms with E-state index in [4.69, 9.17) is 17.3 Å². The maximum Gasteiger partial charge on any atom is 0.234 e. The van der Waals surface area contributed by atoms with E-state index in [1.54, 1.807) is 0 Å². The highest BCUT2D eigenvalue weighted by molar-refractivity contribution is 8.00. The van der Waals surface area contributed by atoms with E-state index in [1.165, 1.54) is 23.9 Å². The Kier molecular flexibility index (Phi) is 5.09. The first-order valence-corrected chi connectivity index (χ1v) is 7.56. The molecule has 0 saturated carbocycles. The van der Waals surface area contributed by atoms with Crippen molar-refractivity contribution in [2.24, 2.45) is 0 Å². The van der Waals surface area contributed by atoms with E-state index in [0.717, 1.165) is 16.5 Å². The van der Waals surface area contributed by atoms with Gasteiger partial charge in [0.2, 0.25) is 5.91 Å². The Morgan fingerprint density at radius 1 is 1.33 bits per heavy atom. The van der Waals surface area contributed by atoms with Crippen molar-refractivity contribution in [1.82, 2.24) is 0 Å². The summed E-state index contributed by atoms with van der Waals surface area (Å²) in [5, 5.41) is 2.80. The van der Waals surface area contributed by atoms with Gasteiger partial charge in [-0.25, -0.2) is 4.39 Å². The van der Waals surface area contributed by atoms with Crippen LogP contribution in [-0.2, 0) is 4.79 Å². The van der Waals surface area contributed by atoms with Gasteiger partial charge in [-0.3, -0.25) is 4.79 Å². The second kappa shape index (κ2) is 6.83. The van der Waals surface area contributed by atoms with Gasteiger partial charge < -0.3 is 11.1 Å². The molecule has 0 saturated heterocycles. The van der Waals surface area contributed by atoms with Gasteiger partial charge in [-0.2, -0.15) is 0 Å². The number of rotatable bonds is 4. The zero-order chi connectivity index (χ0) is 15.4. The number of nitrogen functional groups attached to an aromatic ring is 1. The van der Waals surface area contributed by atoms with Gasteiger partial charge in [-0.1, -0.05) is 17.7 Å². The minimum Gasteiger partial charge on any atom is -0.399 e. The van der Waals surface area contributed by atoms with Crippen LogP contribution in [0.15, 0.2) is 41.3 Å². The summed E-state index contributed by atoms with van der Waals surface area (Å²) in [5.74, 6) is -0.671. The standard InChI is InChI=1S/C15H14ClFN2OS/c1-9-2-4-11(18)7-14(9)21-8-15(20)19-13-5-3-10(16)6-12(13)17/h2-7H,8,18H2,1H3,(H,19,20). The Morgan fingerprint density at radius 3 is 2.81 bits per heavy atom.